The second kappa shape index (κ2) is 5.55. The van der Waals surface area contributed by atoms with E-state index in [1.807, 2.05) is 6.07 Å². The summed E-state index contributed by atoms with van der Waals surface area (Å²) in [6.07, 6.45) is 1.24. The molecule has 2 aliphatic rings. The highest BCUT2D eigenvalue weighted by Gasteiger charge is 2.38. The summed E-state index contributed by atoms with van der Waals surface area (Å²) >= 11 is 0. The molecule has 1 fully saturated rings. The van der Waals surface area contributed by atoms with Gasteiger partial charge in [0.25, 0.3) is 5.79 Å². The molecule has 0 atom stereocenters. The van der Waals surface area contributed by atoms with E-state index < -0.39 is 17.7 Å². The predicted octanol–water partition coefficient (Wildman–Crippen LogP) is 1.48. The van der Waals surface area contributed by atoms with E-state index in [2.05, 4.69) is 10.6 Å². The number of hydrogen-bond donors (Lipinski definition) is 2. The van der Waals surface area contributed by atoms with Gasteiger partial charge in [0.2, 0.25) is 0 Å². The number of nitrogens with one attached hydrogen (secondary N) is 2. The molecule has 2 aliphatic heterocycles. The maximum Gasteiger partial charge on any atom is 0.350 e. The number of carbonyl (C=O) groups is 3. The summed E-state index contributed by atoms with van der Waals surface area (Å²) in [4.78, 5) is 36.9. The zero-order valence-corrected chi connectivity index (χ0v) is 13.5. The van der Waals surface area contributed by atoms with Gasteiger partial charge in [-0.3, -0.25) is 4.90 Å². The summed E-state index contributed by atoms with van der Waals surface area (Å²) < 4.78 is 10.0. The van der Waals surface area contributed by atoms with Crippen LogP contribution in [0.4, 0.5) is 16.2 Å². The van der Waals surface area contributed by atoms with Crippen LogP contribution in [0.15, 0.2) is 30.0 Å². The fourth-order valence-electron chi connectivity index (χ4n) is 2.45. The van der Waals surface area contributed by atoms with Crippen LogP contribution in [0.25, 0.3) is 0 Å². The largest absolute Gasteiger partial charge is 0.419 e. The van der Waals surface area contributed by atoms with Gasteiger partial charge >= 0.3 is 18.0 Å². The Hall–Kier alpha value is -3.03. The molecule has 0 aromatic heterocycles. The number of rotatable bonds is 2. The average molecular weight is 331 g/mol. The van der Waals surface area contributed by atoms with Crippen molar-refractivity contribution < 1.29 is 23.9 Å². The molecular formula is C16H17N3O5. The molecule has 0 radical (unpaired) electrons. The number of urea groups is 1. The van der Waals surface area contributed by atoms with Crippen LogP contribution in [-0.4, -0.2) is 30.8 Å². The van der Waals surface area contributed by atoms with Crippen LogP contribution in [-0.2, 0) is 25.6 Å². The predicted molar refractivity (Wildman–Crippen MR) is 85.0 cm³/mol. The first kappa shape index (κ1) is 15.9. The van der Waals surface area contributed by atoms with Crippen molar-refractivity contribution >= 4 is 29.3 Å². The first-order valence-corrected chi connectivity index (χ1v) is 7.35. The lowest BCUT2D eigenvalue weighted by molar-refractivity contribution is -0.222. The Morgan fingerprint density at radius 2 is 1.88 bits per heavy atom. The second-order valence-corrected chi connectivity index (χ2v) is 5.94. The zero-order valence-electron chi connectivity index (χ0n) is 13.5. The van der Waals surface area contributed by atoms with Gasteiger partial charge in [-0.15, -0.1) is 0 Å². The molecule has 0 bridgehead atoms. The van der Waals surface area contributed by atoms with Gasteiger partial charge in [-0.25, -0.2) is 14.4 Å². The number of amides is 2. The molecule has 126 valence electrons. The number of ether oxygens (including phenoxy) is 2. The number of fused-ring (bicyclic) bond motifs is 1. The Morgan fingerprint density at radius 1 is 1.21 bits per heavy atom. The lowest BCUT2D eigenvalue weighted by atomic mass is 10.1. The lowest BCUT2D eigenvalue weighted by Gasteiger charge is -2.29. The van der Waals surface area contributed by atoms with Crippen LogP contribution >= 0.6 is 0 Å². The lowest BCUT2D eigenvalue weighted by Crippen LogP contribution is -2.42. The van der Waals surface area contributed by atoms with Crippen molar-refractivity contribution in [3.8, 4) is 0 Å². The van der Waals surface area contributed by atoms with E-state index in [1.54, 1.807) is 19.2 Å². The quantitative estimate of drug-likeness (QED) is 0.484. The molecule has 24 heavy (non-hydrogen) atoms. The molecule has 3 rings (SSSR count). The average Bonchev–Trinajstić information content (AvgIpc) is 2.49. The normalized spacial score (nSPS) is 19.0. The van der Waals surface area contributed by atoms with Crippen molar-refractivity contribution in [2.24, 2.45) is 0 Å². The molecule has 8 nitrogen and oxygen atoms in total. The Kier molecular flexibility index (Phi) is 3.67. The van der Waals surface area contributed by atoms with Crippen molar-refractivity contribution in [1.29, 1.82) is 0 Å². The topological polar surface area (TPSA) is 97.0 Å². The second-order valence-electron chi connectivity index (χ2n) is 5.94. The van der Waals surface area contributed by atoms with Gasteiger partial charge in [0.15, 0.2) is 5.57 Å². The first-order valence-electron chi connectivity index (χ1n) is 7.35. The molecule has 2 heterocycles. The Balaban J connectivity index is 1.81. The van der Waals surface area contributed by atoms with Gasteiger partial charge in [0.05, 0.1) is 5.69 Å². The molecule has 8 heteroatoms. The fraction of sp³-hybridized carbons (Fsp3) is 0.312. The molecule has 0 spiro atoms. The number of cyclic esters (lactones) is 2. The van der Waals surface area contributed by atoms with E-state index in [0.717, 1.165) is 11.3 Å². The van der Waals surface area contributed by atoms with Crippen molar-refractivity contribution in [3.05, 3.63) is 35.5 Å². The third-order valence-corrected chi connectivity index (χ3v) is 3.68. The smallest absolute Gasteiger partial charge is 0.350 e. The molecule has 2 amide bonds. The van der Waals surface area contributed by atoms with Crippen LogP contribution in [0.1, 0.15) is 19.4 Å². The van der Waals surface area contributed by atoms with Gasteiger partial charge in [0.1, 0.15) is 0 Å². The highest BCUT2D eigenvalue weighted by molar-refractivity contribution is 6.15. The molecule has 1 aromatic rings. The molecule has 1 aromatic carbocycles. The molecule has 1 saturated heterocycles. The van der Waals surface area contributed by atoms with Crippen LogP contribution in [0.3, 0.4) is 0 Å². The van der Waals surface area contributed by atoms with Crippen molar-refractivity contribution in [2.45, 2.75) is 26.2 Å². The van der Waals surface area contributed by atoms with Crippen LogP contribution in [0.2, 0.25) is 0 Å². The SMILES string of the molecule is CN1C(=O)NCc2ccc(NC=C3C(=O)OC(C)(C)OC3=O)cc21. The number of anilines is 2. The van der Waals surface area contributed by atoms with Crippen LogP contribution < -0.4 is 15.5 Å². The van der Waals surface area contributed by atoms with E-state index in [9.17, 15) is 14.4 Å². The highest BCUT2D eigenvalue weighted by atomic mass is 16.7. The van der Waals surface area contributed by atoms with Gasteiger partial charge in [-0.2, -0.15) is 0 Å². The summed E-state index contributed by atoms with van der Waals surface area (Å²) in [6, 6.07) is 5.20. The minimum absolute atomic E-state index is 0.195. The minimum atomic E-state index is -1.27. The van der Waals surface area contributed by atoms with E-state index in [0.29, 0.717) is 12.2 Å². The summed E-state index contributed by atoms with van der Waals surface area (Å²) in [5.41, 5.74) is 2.11. The molecule has 2 N–H and O–H groups in total. The van der Waals surface area contributed by atoms with E-state index in [4.69, 9.17) is 9.47 Å². The molecule has 0 saturated carbocycles. The Labute approximate surface area is 138 Å². The number of benzene rings is 1. The van der Waals surface area contributed by atoms with E-state index in [-0.39, 0.29) is 11.6 Å². The number of carbonyl (C=O) groups excluding carboxylic acids is 3. The summed E-state index contributed by atoms with van der Waals surface area (Å²) in [5, 5.41) is 5.61. The third-order valence-electron chi connectivity index (χ3n) is 3.68. The van der Waals surface area contributed by atoms with Crippen LogP contribution in [0.5, 0.6) is 0 Å². The summed E-state index contributed by atoms with van der Waals surface area (Å²) in [7, 11) is 1.66. The zero-order chi connectivity index (χ0) is 17.5. The van der Waals surface area contributed by atoms with Gasteiger partial charge in [0, 0.05) is 39.3 Å². The maximum atomic E-state index is 11.9. The van der Waals surface area contributed by atoms with Crippen molar-refractivity contribution in [3.63, 3.8) is 0 Å². The number of nitrogens with zero attached hydrogens (tertiary/aromatic N) is 1. The van der Waals surface area contributed by atoms with E-state index in [1.165, 1.54) is 24.9 Å². The monoisotopic (exact) mass is 331 g/mol. The standard InChI is InChI=1S/C16H17N3O5/c1-16(2)23-13(20)11(14(21)24-16)8-17-10-5-4-9-7-18-15(22)19(3)12(9)6-10/h4-6,8,17H,7H2,1-3H3,(H,18,22). The fourth-order valence-corrected chi connectivity index (χ4v) is 2.45. The highest BCUT2D eigenvalue weighted by Crippen LogP contribution is 2.27. The number of hydrogen-bond acceptors (Lipinski definition) is 6. The summed E-state index contributed by atoms with van der Waals surface area (Å²) in [5.74, 6) is -2.77. The van der Waals surface area contributed by atoms with Crippen LogP contribution in [0, 0.1) is 0 Å². The van der Waals surface area contributed by atoms with Gasteiger partial charge < -0.3 is 20.1 Å². The third kappa shape index (κ3) is 2.90. The summed E-state index contributed by atoms with van der Waals surface area (Å²) in [6.45, 7) is 3.42. The first-order chi connectivity index (χ1) is 11.3. The van der Waals surface area contributed by atoms with Crippen molar-refractivity contribution in [1.82, 2.24) is 5.32 Å². The Bertz CT molecular complexity index is 747. The van der Waals surface area contributed by atoms with Gasteiger partial charge in [-0.1, -0.05) is 6.07 Å². The van der Waals surface area contributed by atoms with Gasteiger partial charge in [-0.05, 0) is 17.7 Å². The minimum Gasteiger partial charge on any atom is -0.419 e. The maximum absolute atomic E-state index is 11.9. The molecule has 0 unspecified atom stereocenters. The Morgan fingerprint density at radius 3 is 2.54 bits per heavy atom. The molecule has 0 aliphatic carbocycles. The number of esters is 2. The molecular weight excluding hydrogens is 314 g/mol. The van der Waals surface area contributed by atoms with Crippen molar-refractivity contribution in [2.75, 3.05) is 17.3 Å². The van der Waals surface area contributed by atoms with E-state index >= 15 is 0 Å².